The van der Waals surface area contributed by atoms with E-state index in [1.807, 2.05) is 11.8 Å². The Labute approximate surface area is 131 Å². The van der Waals surface area contributed by atoms with Crippen molar-refractivity contribution in [2.75, 3.05) is 45.9 Å². The maximum atomic E-state index is 12.5. The number of piperidine rings is 1. The van der Waals surface area contributed by atoms with E-state index in [2.05, 4.69) is 14.9 Å². The van der Waals surface area contributed by atoms with Gasteiger partial charge in [0.05, 0.1) is 31.7 Å². The lowest BCUT2D eigenvalue weighted by molar-refractivity contribution is -0.132. The number of aromatic amines is 1. The normalized spacial score (nSPS) is 23.7. The molecule has 1 atom stereocenters. The van der Waals surface area contributed by atoms with Gasteiger partial charge in [-0.2, -0.15) is 0 Å². The lowest BCUT2D eigenvalue weighted by atomic mass is 9.96. The number of aromatic nitrogens is 2. The fourth-order valence-corrected chi connectivity index (χ4v) is 3.41. The average Bonchev–Trinajstić information content (AvgIpc) is 2.94. The molecule has 3 rings (SSSR count). The van der Waals surface area contributed by atoms with Gasteiger partial charge in [-0.1, -0.05) is 0 Å². The Hall–Kier alpha value is -1.40. The van der Waals surface area contributed by atoms with Crippen molar-refractivity contribution in [3.63, 3.8) is 0 Å². The van der Waals surface area contributed by atoms with Crippen molar-refractivity contribution in [2.45, 2.75) is 26.2 Å². The first-order valence-corrected chi connectivity index (χ1v) is 8.29. The van der Waals surface area contributed by atoms with Crippen LogP contribution in [-0.2, 0) is 16.0 Å². The molecule has 3 heterocycles. The fourth-order valence-electron chi connectivity index (χ4n) is 3.41. The van der Waals surface area contributed by atoms with Crippen LogP contribution in [0.4, 0.5) is 0 Å². The van der Waals surface area contributed by atoms with E-state index >= 15 is 0 Å². The molecule has 122 valence electrons. The average molecular weight is 306 g/mol. The second-order valence-corrected chi connectivity index (χ2v) is 6.41. The highest BCUT2D eigenvalue weighted by Crippen LogP contribution is 2.19. The van der Waals surface area contributed by atoms with Gasteiger partial charge in [-0.25, -0.2) is 4.98 Å². The number of rotatable bonds is 4. The number of aryl methyl sites for hydroxylation is 1. The molecule has 0 radical (unpaired) electrons. The number of ether oxygens (including phenoxy) is 1. The molecule has 22 heavy (non-hydrogen) atoms. The van der Waals surface area contributed by atoms with Gasteiger partial charge < -0.3 is 14.6 Å². The van der Waals surface area contributed by atoms with Crippen molar-refractivity contribution in [3.8, 4) is 0 Å². The van der Waals surface area contributed by atoms with Crippen molar-refractivity contribution < 1.29 is 9.53 Å². The van der Waals surface area contributed by atoms with Crippen molar-refractivity contribution >= 4 is 5.91 Å². The third-order valence-electron chi connectivity index (χ3n) is 4.74. The molecule has 6 heteroatoms. The summed E-state index contributed by atoms with van der Waals surface area (Å²) in [6.07, 6.45) is 4.41. The standard InChI is InChI=1S/C16H26N4O2/c1-13-15(18-12-17-13)9-16(21)20-4-2-3-14(11-20)10-19-5-7-22-8-6-19/h12,14H,2-11H2,1H3,(H,17,18). The number of morpholine rings is 1. The largest absolute Gasteiger partial charge is 0.379 e. The molecule has 0 spiro atoms. The number of H-pyrrole nitrogens is 1. The van der Waals surface area contributed by atoms with Gasteiger partial charge in [-0.05, 0) is 25.7 Å². The second-order valence-electron chi connectivity index (χ2n) is 6.41. The Morgan fingerprint density at radius 2 is 2.23 bits per heavy atom. The lowest BCUT2D eigenvalue weighted by Crippen LogP contribution is -2.46. The Morgan fingerprint density at radius 3 is 2.95 bits per heavy atom. The Morgan fingerprint density at radius 1 is 1.41 bits per heavy atom. The number of carbonyl (C=O) groups excluding carboxylic acids is 1. The van der Waals surface area contributed by atoms with Crippen LogP contribution in [-0.4, -0.2) is 71.6 Å². The van der Waals surface area contributed by atoms with Crippen LogP contribution in [0, 0.1) is 12.8 Å². The zero-order valence-corrected chi connectivity index (χ0v) is 13.4. The van der Waals surface area contributed by atoms with Gasteiger partial charge in [0.15, 0.2) is 0 Å². The number of nitrogens with one attached hydrogen (secondary N) is 1. The first-order chi connectivity index (χ1) is 10.7. The van der Waals surface area contributed by atoms with Gasteiger partial charge in [0.1, 0.15) is 0 Å². The zero-order valence-electron chi connectivity index (χ0n) is 13.4. The van der Waals surface area contributed by atoms with Crippen LogP contribution in [0.5, 0.6) is 0 Å². The van der Waals surface area contributed by atoms with Crippen LogP contribution in [0.1, 0.15) is 24.2 Å². The highest BCUT2D eigenvalue weighted by atomic mass is 16.5. The minimum Gasteiger partial charge on any atom is -0.379 e. The summed E-state index contributed by atoms with van der Waals surface area (Å²) in [6, 6.07) is 0. The summed E-state index contributed by atoms with van der Waals surface area (Å²) in [5, 5.41) is 0. The van der Waals surface area contributed by atoms with E-state index in [0.29, 0.717) is 12.3 Å². The number of hydrogen-bond acceptors (Lipinski definition) is 4. The van der Waals surface area contributed by atoms with Gasteiger partial charge in [-0.3, -0.25) is 9.69 Å². The molecule has 2 saturated heterocycles. The van der Waals surface area contributed by atoms with Crippen LogP contribution in [0.15, 0.2) is 6.33 Å². The van der Waals surface area contributed by atoms with Crippen LogP contribution in [0.25, 0.3) is 0 Å². The third-order valence-corrected chi connectivity index (χ3v) is 4.74. The molecule has 0 saturated carbocycles. The van der Waals surface area contributed by atoms with Crippen molar-refractivity contribution in [1.29, 1.82) is 0 Å². The first-order valence-electron chi connectivity index (χ1n) is 8.29. The smallest absolute Gasteiger partial charge is 0.228 e. The number of likely N-dealkylation sites (tertiary alicyclic amines) is 1. The molecule has 0 aliphatic carbocycles. The van der Waals surface area contributed by atoms with Gasteiger partial charge in [0.2, 0.25) is 5.91 Å². The molecule has 2 aliphatic rings. The van der Waals surface area contributed by atoms with Crippen molar-refractivity contribution in [1.82, 2.24) is 19.8 Å². The van der Waals surface area contributed by atoms with E-state index in [9.17, 15) is 4.79 Å². The second kappa shape index (κ2) is 7.24. The molecule has 2 fully saturated rings. The topological polar surface area (TPSA) is 61.5 Å². The summed E-state index contributed by atoms with van der Waals surface area (Å²) in [6.45, 7) is 8.57. The lowest BCUT2D eigenvalue weighted by Gasteiger charge is -2.36. The summed E-state index contributed by atoms with van der Waals surface area (Å²) in [5.41, 5.74) is 1.87. The molecule has 1 amide bonds. The predicted molar refractivity (Wildman–Crippen MR) is 83.6 cm³/mol. The monoisotopic (exact) mass is 306 g/mol. The van der Waals surface area contributed by atoms with E-state index in [1.54, 1.807) is 6.33 Å². The van der Waals surface area contributed by atoms with Crippen LogP contribution in [0.2, 0.25) is 0 Å². The number of amides is 1. The summed E-state index contributed by atoms with van der Waals surface area (Å²) in [7, 11) is 0. The van der Waals surface area contributed by atoms with Crippen LogP contribution in [0.3, 0.4) is 0 Å². The Bertz CT molecular complexity index is 496. The molecular weight excluding hydrogens is 280 g/mol. The van der Waals surface area contributed by atoms with Gasteiger partial charge in [-0.15, -0.1) is 0 Å². The summed E-state index contributed by atoms with van der Waals surface area (Å²) in [4.78, 5) is 24.3. The van der Waals surface area contributed by atoms with Crippen molar-refractivity contribution in [2.24, 2.45) is 5.92 Å². The highest BCUT2D eigenvalue weighted by Gasteiger charge is 2.26. The Balaban J connectivity index is 1.51. The maximum Gasteiger partial charge on any atom is 0.228 e. The number of hydrogen-bond donors (Lipinski definition) is 1. The summed E-state index contributed by atoms with van der Waals surface area (Å²) >= 11 is 0. The van der Waals surface area contributed by atoms with Gasteiger partial charge in [0, 0.05) is 38.4 Å². The molecule has 0 bridgehead atoms. The molecule has 0 aromatic carbocycles. The van der Waals surface area contributed by atoms with E-state index < -0.39 is 0 Å². The number of carbonyl (C=O) groups is 1. The predicted octanol–water partition coefficient (Wildman–Crippen LogP) is 0.831. The van der Waals surface area contributed by atoms with E-state index in [-0.39, 0.29) is 5.91 Å². The molecule has 2 aliphatic heterocycles. The first kappa shape index (κ1) is 15.5. The van der Waals surface area contributed by atoms with E-state index in [4.69, 9.17) is 4.74 Å². The molecule has 1 aromatic heterocycles. The van der Waals surface area contributed by atoms with Gasteiger partial charge in [0.25, 0.3) is 0 Å². The van der Waals surface area contributed by atoms with E-state index in [0.717, 1.165) is 63.7 Å². The van der Waals surface area contributed by atoms with Crippen molar-refractivity contribution in [3.05, 3.63) is 17.7 Å². The summed E-state index contributed by atoms with van der Waals surface area (Å²) < 4.78 is 5.40. The third kappa shape index (κ3) is 3.87. The SMILES string of the molecule is Cc1[nH]cnc1CC(=O)N1CCCC(CN2CCOCC2)C1. The van der Waals surface area contributed by atoms with Crippen LogP contribution < -0.4 is 0 Å². The van der Waals surface area contributed by atoms with Crippen LogP contribution >= 0.6 is 0 Å². The molecule has 6 nitrogen and oxygen atoms in total. The molecular formula is C16H26N4O2. The highest BCUT2D eigenvalue weighted by molar-refractivity contribution is 5.78. The number of nitrogens with zero attached hydrogens (tertiary/aromatic N) is 3. The minimum absolute atomic E-state index is 0.210. The molecule has 1 aromatic rings. The zero-order chi connectivity index (χ0) is 15.4. The van der Waals surface area contributed by atoms with Gasteiger partial charge >= 0.3 is 0 Å². The fraction of sp³-hybridized carbons (Fsp3) is 0.750. The Kier molecular flexibility index (Phi) is 5.10. The minimum atomic E-state index is 0.210. The number of imidazole rings is 1. The maximum absolute atomic E-state index is 12.5. The summed E-state index contributed by atoms with van der Waals surface area (Å²) in [5.74, 6) is 0.804. The molecule has 1 unspecified atom stereocenters. The molecule has 1 N–H and O–H groups in total. The van der Waals surface area contributed by atoms with E-state index in [1.165, 1.54) is 6.42 Å². The quantitative estimate of drug-likeness (QED) is 0.895.